The highest BCUT2D eigenvalue weighted by Gasteiger charge is 2.33. The van der Waals surface area contributed by atoms with Crippen LogP contribution in [-0.4, -0.2) is 26.1 Å². The second kappa shape index (κ2) is 11.1. The summed E-state index contributed by atoms with van der Waals surface area (Å²) in [4.78, 5) is 9.18. The fraction of sp³-hybridized carbons (Fsp3) is 0.207. The molecule has 220 valence electrons. The first-order valence-electron chi connectivity index (χ1n) is 12.6. The van der Waals surface area contributed by atoms with Crippen molar-refractivity contribution in [1.82, 2.24) is 10.5 Å². The number of halogens is 4. The van der Waals surface area contributed by atoms with E-state index in [1.807, 2.05) is 13.8 Å². The first-order valence-corrected chi connectivity index (χ1v) is 14.1. The molecule has 2 heterocycles. The smallest absolute Gasteiger partial charge is 0.418 e. The molecule has 0 radical (unpaired) electrons. The van der Waals surface area contributed by atoms with Gasteiger partial charge >= 0.3 is 6.18 Å². The minimum atomic E-state index is -4.65. The standard InChI is InChI=1S/C29H25F4N3O5S/c1-16-13-27(22-5-4-6-24(28(22)34-16)29(31,32)33)40-26-12-7-19(14-25(26)30)36-42(37,38)21-10-8-20(9-11-21)39-15-23-17(2)35-41-18(23)3/h4-14,17,35-36H,15H2,1-3H3. The number of ether oxygens (including phenoxy) is 2. The summed E-state index contributed by atoms with van der Waals surface area (Å²) in [6.45, 7) is 5.49. The normalized spacial score (nSPS) is 15.5. The molecule has 42 heavy (non-hydrogen) atoms. The molecule has 0 saturated carbocycles. The summed E-state index contributed by atoms with van der Waals surface area (Å²) >= 11 is 0. The molecular weight excluding hydrogens is 578 g/mol. The van der Waals surface area contributed by atoms with Crippen molar-refractivity contribution >= 4 is 26.6 Å². The Bertz CT molecular complexity index is 1790. The van der Waals surface area contributed by atoms with Crippen molar-refractivity contribution < 1.29 is 40.3 Å². The van der Waals surface area contributed by atoms with Crippen LogP contribution in [0.1, 0.15) is 25.1 Å². The molecule has 1 aliphatic rings. The lowest BCUT2D eigenvalue weighted by molar-refractivity contribution is -0.136. The number of aromatic nitrogens is 1. The molecule has 1 aromatic heterocycles. The fourth-order valence-electron chi connectivity index (χ4n) is 4.35. The molecule has 1 atom stereocenters. The number of nitrogens with one attached hydrogen (secondary N) is 2. The first-order chi connectivity index (χ1) is 19.8. The molecule has 1 aliphatic heterocycles. The number of para-hydroxylation sites is 1. The van der Waals surface area contributed by atoms with Gasteiger partial charge in [-0.25, -0.2) is 12.8 Å². The number of hydrogen-bond donors (Lipinski definition) is 2. The number of aryl methyl sites for hydroxylation is 1. The quantitative estimate of drug-likeness (QED) is 0.212. The molecule has 0 aliphatic carbocycles. The van der Waals surface area contributed by atoms with Crippen molar-refractivity contribution in [3.05, 3.63) is 95.1 Å². The van der Waals surface area contributed by atoms with Crippen LogP contribution in [0.15, 0.2) is 83.0 Å². The van der Waals surface area contributed by atoms with Gasteiger partial charge in [0.05, 0.1) is 27.7 Å². The zero-order valence-corrected chi connectivity index (χ0v) is 23.4. The van der Waals surface area contributed by atoms with E-state index in [0.29, 0.717) is 5.75 Å². The van der Waals surface area contributed by atoms with Crippen LogP contribution >= 0.6 is 0 Å². The van der Waals surface area contributed by atoms with Crippen LogP contribution in [0, 0.1) is 12.7 Å². The summed E-state index contributed by atoms with van der Waals surface area (Å²) in [7, 11) is -4.09. The monoisotopic (exact) mass is 603 g/mol. The molecule has 0 amide bonds. The molecule has 0 spiro atoms. The topological polar surface area (TPSA) is 98.8 Å². The second-order valence-electron chi connectivity index (χ2n) is 9.60. The summed E-state index contributed by atoms with van der Waals surface area (Å²) in [5, 5.41) is 0.0432. The van der Waals surface area contributed by atoms with E-state index in [4.69, 9.17) is 14.3 Å². The Morgan fingerprint density at radius 2 is 1.76 bits per heavy atom. The van der Waals surface area contributed by atoms with Gasteiger partial charge in [-0.05, 0) is 69.3 Å². The Hall–Kier alpha value is -4.36. The summed E-state index contributed by atoms with van der Waals surface area (Å²) < 4.78 is 95.0. The van der Waals surface area contributed by atoms with Gasteiger partial charge in [0.15, 0.2) is 11.6 Å². The lowest BCUT2D eigenvalue weighted by Crippen LogP contribution is -2.22. The minimum absolute atomic E-state index is 0.0126. The predicted octanol–water partition coefficient (Wildman–Crippen LogP) is 6.87. The van der Waals surface area contributed by atoms with E-state index in [0.717, 1.165) is 23.5 Å². The lowest BCUT2D eigenvalue weighted by Gasteiger charge is -2.15. The van der Waals surface area contributed by atoms with Crippen LogP contribution in [0.2, 0.25) is 0 Å². The van der Waals surface area contributed by atoms with Gasteiger partial charge < -0.3 is 14.3 Å². The van der Waals surface area contributed by atoms with Crippen molar-refractivity contribution in [2.75, 3.05) is 11.3 Å². The van der Waals surface area contributed by atoms with Gasteiger partial charge in [-0.3, -0.25) is 9.71 Å². The number of alkyl halides is 3. The fourth-order valence-corrected chi connectivity index (χ4v) is 5.40. The number of pyridine rings is 1. The Kier molecular flexibility index (Phi) is 7.73. The lowest BCUT2D eigenvalue weighted by atomic mass is 10.1. The molecule has 0 fully saturated rings. The Balaban J connectivity index is 1.31. The highest BCUT2D eigenvalue weighted by molar-refractivity contribution is 7.92. The molecule has 0 bridgehead atoms. The number of hydrogen-bond acceptors (Lipinski definition) is 7. The highest BCUT2D eigenvalue weighted by Crippen LogP contribution is 2.39. The predicted molar refractivity (Wildman–Crippen MR) is 147 cm³/mol. The number of rotatable bonds is 8. The van der Waals surface area contributed by atoms with Crippen LogP contribution in [0.25, 0.3) is 10.9 Å². The number of anilines is 1. The summed E-state index contributed by atoms with van der Waals surface area (Å²) in [6.07, 6.45) is -4.65. The van der Waals surface area contributed by atoms with E-state index in [9.17, 15) is 21.6 Å². The van der Waals surface area contributed by atoms with Gasteiger partial charge in [0.1, 0.15) is 23.9 Å². The third-order valence-electron chi connectivity index (χ3n) is 6.53. The van der Waals surface area contributed by atoms with Crippen LogP contribution in [-0.2, 0) is 21.0 Å². The van der Waals surface area contributed by atoms with E-state index in [-0.39, 0.29) is 51.3 Å². The van der Waals surface area contributed by atoms with Crippen LogP contribution < -0.4 is 19.7 Å². The number of sulfonamides is 1. The summed E-state index contributed by atoms with van der Waals surface area (Å²) in [5.74, 6) is -0.115. The van der Waals surface area contributed by atoms with Crippen LogP contribution in [0.4, 0.5) is 23.2 Å². The number of hydroxylamine groups is 1. The third kappa shape index (κ3) is 6.11. The number of allylic oxidation sites excluding steroid dienone is 1. The molecule has 13 heteroatoms. The Morgan fingerprint density at radius 1 is 1.02 bits per heavy atom. The molecular formula is C29H25F4N3O5S. The minimum Gasteiger partial charge on any atom is -0.489 e. The average Bonchev–Trinajstić information content (AvgIpc) is 3.24. The number of nitrogens with zero attached hydrogens (tertiary/aromatic N) is 1. The van der Waals surface area contributed by atoms with Gasteiger partial charge in [-0.15, -0.1) is 0 Å². The van der Waals surface area contributed by atoms with Gasteiger partial charge in [0.25, 0.3) is 10.0 Å². The molecule has 1 unspecified atom stereocenters. The summed E-state index contributed by atoms with van der Waals surface area (Å²) in [6, 6.07) is 14.0. The molecule has 5 rings (SSSR count). The van der Waals surface area contributed by atoms with Crippen LogP contribution in [0.3, 0.4) is 0 Å². The van der Waals surface area contributed by atoms with E-state index in [1.165, 1.54) is 61.5 Å². The van der Waals surface area contributed by atoms with Gasteiger partial charge in [0, 0.05) is 28.8 Å². The molecule has 8 nitrogen and oxygen atoms in total. The summed E-state index contributed by atoms with van der Waals surface area (Å²) in [5.41, 5.74) is 2.64. The SMILES string of the molecule is CC1=C(COc2ccc(S(=O)(=O)Nc3ccc(Oc4cc(C)nc5c(C(F)(F)F)cccc45)c(F)c3)cc2)C(C)NO1. The third-order valence-corrected chi connectivity index (χ3v) is 7.93. The van der Waals surface area contributed by atoms with Gasteiger partial charge in [0.2, 0.25) is 0 Å². The molecule has 0 saturated heterocycles. The van der Waals surface area contributed by atoms with Crippen molar-refractivity contribution in [2.24, 2.45) is 0 Å². The zero-order chi connectivity index (χ0) is 30.2. The first kappa shape index (κ1) is 29.1. The Labute approximate surface area is 238 Å². The van der Waals surface area contributed by atoms with Crippen molar-refractivity contribution in [1.29, 1.82) is 0 Å². The van der Waals surface area contributed by atoms with Crippen molar-refractivity contribution in [3.63, 3.8) is 0 Å². The van der Waals surface area contributed by atoms with E-state index >= 15 is 4.39 Å². The largest absolute Gasteiger partial charge is 0.489 e. The van der Waals surface area contributed by atoms with Crippen molar-refractivity contribution in [2.45, 2.75) is 37.9 Å². The maximum Gasteiger partial charge on any atom is 0.418 e. The molecule has 4 aromatic rings. The maximum atomic E-state index is 15.0. The zero-order valence-electron chi connectivity index (χ0n) is 22.5. The number of benzene rings is 3. The van der Waals surface area contributed by atoms with Crippen molar-refractivity contribution in [3.8, 4) is 17.2 Å². The van der Waals surface area contributed by atoms with Gasteiger partial charge in [-0.2, -0.15) is 18.7 Å². The van der Waals surface area contributed by atoms with E-state index in [1.54, 1.807) is 0 Å². The molecule has 3 aromatic carbocycles. The highest BCUT2D eigenvalue weighted by atomic mass is 32.2. The maximum absolute atomic E-state index is 15.0. The van der Waals surface area contributed by atoms with Gasteiger partial charge in [-0.1, -0.05) is 6.07 Å². The van der Waals surface area contributed by atoms with Crippen LogP contribution in [0.5, 0.6) is 17.2 Å². The number of fused-ring (bicyclic) bond motifs is 1. The van der Waals surface area contributed by atoms with E-state index in [2.05, 4.69) is 15.2 Å². The second-order valence-corrected chi connectivity index (χ2v) is 11.3. The van der Waals surface area contributed by atoms with E-state index < -0.39 is 27.6 Å². The molecule has 2 N–H and O–H groups in total. The average molecular weight is 604 g/mol. The Morgan fingerprint density at radius 3 is 2.40 bits per heavy atom.